The number of carbonyl (C=O) groups excluding carboxylic acids is 1. The molecule has 1 heterocycles. The van der Waals surface area contributed by atoms with E-state index in [1.807, 2.05) is 36.4 Å². The molecule has 1 fully saturated rings. The maximum Gasteiger partial charge on any atom is 0.234 e. The third-order valence-electron chi connectivity index (χ3n) is 4.06. The highest BCUT2D eigenvalue weighted by atomic mass is 35.5. The number of piperidine rings is 1. The van der Waals surface area contributed by atoms with E-state index >= 15 is 0 Å². The largest absolute Gasteiger partial charge is 0.372 e. The zero-order valence-electron chi connectivity index (χ0n) is 13.5. The Morgan fingerprint density at radius 2 is 1.67 bits per heavy atom. The van der Waals surface area contributed by atoms with E-state index in [2.05, 4.69) is 22.3 Å². The fraction of sp³-hybridized carbons (Fsp3) is 0.316. The van der Waals surface area contributed by atoms with Gasteiger partial charge in [-0.3, -0.25) is 4.79 Å². The summed E-state index contributed by atoms with van der Waals surface area (Å²) in [5, 5.41) is 3.66. The van der Waals surface area contributed by atoms with Crippen molar-refractivity contribution in [2.24, 2.45) is 0 Å². The van der Waals surface area contributed by atoms with Gasteiger partial charge in [-0.25, -0.2) is 0 Å². The van der Waals surface area contributed by atoms with Crippen LogP contribution in [0.2, 0.25) is 5.02 Å². The normalized spacial score (nSPS) is 14.5. The summed E-state index contributed by atoms with van der Waals surface area (Å²) >= 11 is 7.36. The third-order valence-corrected chi connectivity index (χ3v) is 5.32. The highest BCUT2D eigenvalue weighted by Gasteiger charge is 2.11. The van der Waals surface area contributed by atoms with Gasteiger partial charge in [0.25, 0.3) is 0 Å². The van der Waals surface area contributed by atoms with Crippen molar-refractivity contribution in [1.82, 2.24) is 0 Å². The Bertz CT molecular complexity index is 667. The monoisotopic (exact) mass is 360 g/mol. The number of rotatable bonds is 5. The summed E-state index contributed by atoms with van der Waals surface area (Å²) in [7, 11) is 0. The summed E-state index contributed by atoms with van der Waals surface area (Å²) in [5.74, 6) is 0.385. The van der Waals surface area contributed by atoms with E-state index in [4.69, 9.17) is 11.6 Å². The molecule has 1 aliphatic rings. The minimum absolute atomic E-state index is 0.000623. The van der Waals surface area contributed by atoms with Gasteiger partial charge in [0.2, 0.25) is 5.91 Å². The minimum atomic E-state index is 0.000623. The van der Waals surface area contributed by atoms with Gasteiger partial charge in [0.05, 0.1) is 5.75 Å². The van der Waals surface area contributed by atoms with Gasteiger partial charge in [-0.2, -0.15) is 0 Å². The van der Waals surface area contributed by atoms with Gasteiger partial charge in [0.15, 0.2) is 0 Å². The van der Waals surface area contributed by atoms with E-state index in [1.165, 1.54) is 36.7 Å². The first kappa shape index (κ1) is 17.2. The average Bonchev–Trinajstić information content (AvgIpc) is 2.63. The van der Waals surface area contributed by atoms with Crippen LogP contribution in [0.25, 0.3) is 0 Å². The molecule has 0 radical (unpaired) electrons. The lowest BCUT2D eigenvalue weighted by atomic mass is 10.1. The maximum absolute atomic E-state index is 12.1. The van der Waals surface area contributed by atoms with Crippen molar-refractivity contribution in [2.45, 2.75) is 24.2 Å². The summed E-state index contributed by atoms with van der Waals surface area (Å²) in [6, 6.07) is 15.7. The molecule has 0 spiro atoms. The molecule has 0 unspecified atom stereocenters. The van der Waals surface area contributed by atoms with Crippen LogP contribution >= 0.6 is 23.4 Å². The van der Waals surface area contributed by atoms with Crippen molar-refractivity contribution in [3.8, 4) is 0 Å². The molecule has 126 valence electrons. The Morgan fingerprint density at radius 3 is 2.33 bits per heavy atom. The van der Waals surface area contributed by atoms with Gasteiger partial charge in [0, 0.05) is 34.4 Å². The second kappa shape index (κ2) is 8.45. The van der Waals surface area contributed by atoms with E-state index in [-0.39, 0.29) is 5.91 Å². The van der Waals surface area contributed by atoms with E-state index in [0.29, 0.717) is 10.8 Å². The first-order valence-electron chi connectivity index (χ1n) is 8.24. The van der Waals surface area contributed by atoms with Crippen molar-refractivity contribution < 1.29 is 4.79 Å². The predicted molar refractivity (Wildman–Crippen MR) is 103 cm³/mol. The fourth-order valence-corrected chi connectivity index (χ4v) is 3.61. The molecule has 0 bridgehead atoms. The Labute approximate surface area is 152 Å². The summed E-state index contributed by atoms with van der Waals surface area (Å²) < 4.78 is 0. The molecule has 3 nitrogen and oxygen atoms in total. The lowest BCUT2D eigenvalue weighted by molar-refractivity contribution is -0.113. The van der Waals surface area contributed by atoms with Crippen LogP contribution in [0, 0.1) is 0 Å². The molecule has 5 heteroatoms. The molecule has 2 aromatic carbocycles. The van der Waals surface area contributed by atoms with E-state index < -0.39 is 0 Å². The SMILES string of the molecule is O=C(CSc1ccc(Cl)cc1)Nc1ccc(N2CCCCC2)cc1. The molecule has 24 heavy (non-hydrogen) atoms. The Kier molecular flexibility index (Phi) is 6.05. The molecule has 0 atom stereocenters. The van der Waals surface area contributed by atoms with Crippen LogP contribution < -0.4 is 10.2 Å². The quantitative estimate of drug-likeness (QED) is 0.756. The highest BCUT2D eigenvalue weighted by molar-refractivity contribution is 8.00. The van der Waals surface area contributed by atoms with Crippen LogP contribution in [0.5, 0.6) is 0 Å². The van der Waals surface area contributed by atoms with Gasteiger partial charge in [-0.05, 0) is 67.8 Å². The van der Waals surface area contributed by atoms with Crippen molar-refractivity contribution in [3.63, 3.8) is 0 Å². The van der Waals surface area contributed by atoms with Crippen LogP contribution in [0.15, 0.2) is 53.4 Å². The average molecular weight is 361 g/mol. The molecule has 0 saturated carbocycles. The zero-order chi connectivity index (χ0) is 16.8. The number of carbonyl (C=O) groups is 1. The molecular weight excluding hydrogens is 340 g/mol. The number of hydrogen-bond acceptors (Lipinski definition) is 3. The number of nitrogens with one attached hydrogen (secondary N) is 1. The maximum atomic E-state index is 12.1. The topological polar surface area (TPSA) is 32.3 Å². The van der Waals surface area contributed by atoms with Crippen LogP contribution in [0.1, 0.15) is 19.3 Å². The number of nitrogens with zero attached hydrogens (tertiary/aromatic N) is 1. The smallest absolute Gasteiger partial charge is 0.234 e. The molecule has 0 aliphatic carbocycles. The Balaban J connectivity index is 1.49. The molecule has 1 saturated heterocycles. The number of benzene rings is 2. The lowest BCUT2D eigenvalue weighted by Gasteiger charge is -2.28. The van der Waals surface area contributed by atoms with E-state index in [1.54, 1.807) is 0 Å². The molecule has 1 N–H and O–H groups in total. The van der Waals surface area contributed by atoms with Crippen LogP contribution in [0.4, 0.5) is 11.4 Å². The van der Waals surface area contributed by atoms with E-state index in [9.17, 15) is 4.79 Å². The van der Waals surface area contributed by atoms with Crippen molar-refractivity contribution in [2.75, 3.05) is 29.1 Å². The summed E-state index contributed by atoms with van der Waals surface area (Å²) in [5.41, 5.74) is 2.08. The Hall–Kier alpha value is -1.65. The Morgan fingerprint density at radius 1 is 1.00 bits per heavy atom. The van der Waals surface area contributed by atoms with Crippen LogP contribution in [0.3, 0.4) is 0 Å². The second-order valence-corrected chi connectivity index (χ2v) is 7.37. The van der Waals surface area contributed by atoms with Gasteiger partial charge in [0.1, 0.15) is 0 Å². The standard InChI is InChI=1S/C19H21ClN2OS/c20-15-4-10-18(11-5-15)24-14-19(23)21-16-6-8-17(9-7-16)22-12-2-1-3-13-22/h4-11H,1-3,12-14H2,(H,21,23). The predicted octanol–water partition coefficient (Wildman–Crippen LogP) is 5.06. The number of amides is 1. The zero-order valence-corrected chi connectivity index (χ0v) is 15.1. The molecule has 3 rings (SSSR count). The molecule has 0 aromatic heterocycles. The van der Waals surface area contributed by atoms with Crippen LogP contribution in [-0.2, 0) is 4.79 Å². The van der Waals surface area contributed by atoms with Gasteiger partial charge in [-0.1, -0.05) is 11.6 Å². The van der Waals surface area contributed by atoms with Crippen molar-refractivity contribution in [1.29, 1.82) is 0 Å². The lowest BCUT2D eigenvalue weighted by Crippen LogP contribution is -2.29. The van der Waals surface area contributed by atoms with E-state index in [0.717, 1.165) is 23.7 Å². The molecule has 1 aliphatic heterocycles. The second-order valence-electron chi connectivity index (χ2n) is 5.89. The summed E-state index contributed by atoms with van der Waals surface area (Å²) in [4.78, 5) is 15.5. The minimum Gasteiger partial charge on any atom is -0.372 e. The summed E-state index contributed by atoms with van der Waals surface area (Å²) in [6.45, 7) is 2.26. The van der Waals surface area contributed by atoms with Gasteiger partial charge >= 0.3 is 0 Å². The third kappa shape index (κ3) is 4.92. The number of thioether (sulfide) groups is 1. The van der Waals surface area contributed by atoms with Crippen LogP contribution in [-0.4, -0.2) is 24.7 Å². The fourth-order valence-electron chi connectivity index (χ4n) is 2.78. The first-order chi connectivity index (χ1) is 11.7. The highest BCUT2D eigenvalue weighted by Crippen LogP contribution is 2.23. The summed E-state index contributed by atoms with van der Waals surface area (Å²) in [6.07, 6.45) is 3.86. The first-order valence-corrected chi connectivity index (χ1v) is 9.60. The van der Waals surface area contributed by atoms with Crippen molar-refractivity contribution >= 4 is 40.6 Å². The number of anilines is 2. The molecule has 2 aromatic rings. The number of hydrogen-bond donors (Lipinski definition) is 1. The number of halogens is 1. The van der Waals surface area contributed by atoms with Gasteiger partial charge in [-0.15, -0.1) is 11.8 Å². The molecular formula is C19H21ClN2OS. The van der Waals surface area contributed by atoms with Gasteiger partial charge < -0.3 is 10.2 Å². The molecule has 1 amide bonds. The van der Waals surface area contributed by atoms with Crippen molar-refractivity contribution in [3.05, 3.63) is 53.6 Å².